The fraction of sp³-hybridized carbons (Fsp3) is 0.733. The van der Waals surface area contributed by atoms with E-state index in [1.54, 1.807) is 6.20 Å². The van der Waals surface area contributed by atoms with Crippen LogP contribution in [0.5, 0.6) is 0 Å². The van der Waals surface area contributed by atoms with Gasteiger partial charge < -0.3 is 9.64 Å². The van der Waals surface area contributed by atoms with Crippen molar-refractivity contribution in [1.29, 1.82) is 0 Å². The summed E-state index contributed by atoms with van der Waals surface area (Å²) in [5, 5.41) is 4.14. The Morgan fingerprint density at radius 3 is 3.00 bits per heavy atom. The molecule has 6 nitrogen and oxygen atoms in total. The normalized spacial score (nSPS) is 24.2. The number of rotatable bonds is 4. The number of aryl methyl sites for hydroxylation is 1. The first-order valence-corrected chi connectivity index (χ1v) is 7.90. The van der Waals surface area contributed by atoms with E-state index in [1.165, 1.54) is 0 Å². The number of hydrogen-bond donors (Lipinski definition) is 0. The van der Waals surface area contributed by atoms with Crippen molar-refractivity contribution in [2.24, 2.45) is 0 Å². The molecule has 1 unspecified atom stereocenters. The monoisotopic (exact) mass is 292 g/mol. The molecule has 0 aromatic carbocycles. The highest BCUT2D eigenvalue weighted by Gasteiger charge is 2.26. The third kappa shape index (κ3) is 3.83. The molecule has 2 saturated heterocycles. The largest absolute Gasteiger partial charge is 0.380 e. The summed E-state index contributed by atoms with van der Waals surface area (Å²) in [5.74, 6) is 0.245. The summed E-state index contributed by atoms with van der Waals surface area (Å²) in [6.45, 7) is 6.18. The van der Waals surface area contributed by atoms with Gasteiger partial charge in [-0.3, -0.25) is 14.4 Å². The molecule has 3 heterocycles. The van der Waals surface area contributed by atoms with Gasteiger partial charge in [0, 0.05) is 64.2 Å². The van der Waals surface area contributed by atoms with Gasteiger partial charge in [-0.15, -0.1) is 0 Å². The summed E-state index contributed by atoms with van der Waals surface area (Å²) in [6.07, 6.45) is 6.38. The maximum Gasteiger partial charge on any atom is 0.224 e. The van der Waals surface area contributed by atoms with Gasteiger partial charge in [0.2, 0.25) is 5.91 Å². The van der Waals surface area contributed by atoms with Gasteiger partial charge >= 0.3 is 0 Å². The van der Waals surface area contributed by atoms with Crippen LogP contribution in [0, 0.1) is 0 Å². The van der Waals surface area contributed by atoms with Crippen LogP contribution in [0.15, 0.2) is 18.5 Å². The number of nitrogens with zero attached hydrogens (tertiary/aromatic N) is 4. The second-order valence-corrected chi connectivity index (χ2v) is 5.81. The standard InChI is InChI=1S/C15H24N4O2/c20-15(3-9-19-8-1-5-16-19)18-7-2-6-17(10-11-18)14-4-12-21-13-14/h1,5,8,14H,2-4,6-7,9-13H2. The van der Waals surface area contributed by atoms with Gasteiger partial charge in [0.05, 0.1) is 6.61 Å². The molecule has 1 aromatic rings. The highest BCUT2D eigenvalue weighted by Crippen LogP contribution is 2.15. The number of ether oxygens (including phenoxy) is 1. The first-order chi connectivity index (χ1) is 10.3. The molecular formula is C15H24N4O2. The zero-order valence-electron chi connectivity index (χ0n) is 12.5. The summed E-state index contributed by atoms with van der Waals surface area (Å²) in [5.41, 5.74) is 0. The molecule has 6 heteroatoms. The van der Waals surface area contributed by atoms with Crippen LogP contribution in [0.1, 0.15) is 19.3 Å². The number of amides is 1. The maximum atomic E-state index is 12.3. The second kappa shape index (κ2) is 7.04. The Kier molecular flexibility index (Phi) is 4.87. The number of hydrogen-bond acceptors (Lipinski definition) is 4. The minimum absolute atomic E-state index is 0.245. The minimum atomic E-state index is 0.245. The number of carbonyl (C=O) groups excluding carboxylic acids is 1. The van der Waals surface area contributed by atoms with E-state index in [9.17, 15) is 4.79 Å². The Bertz CT molecular complexity index is 443. The molecule has 21 heavy (non-hydrogen) atoms. The van der Waals surface area contributed by atoms with Crippen LogP contribution in [0.25, 0.3) is 0 Å². The Morgan fingerprint density at radius 2 is 2.24 bits per heavy atom. The predicted octanol–water partition coefficient (Wildman–Crippen LogP) is 0.596. The summed E-state index contributed by atoms with van der Waals surface area (Å²) < 4.78 is 7.29. The summed E-state index contributed by atoms with van der Waals surface area (Å²) in [4.78, 5) is 16.8. The minimum Gasteiger partial charge on any atom is -0.380 e. The van der Waals surface area contributed by atoms with E-state index in [1.807, 2.05) is 21.8 Å². The fourth-order valence-electron chi connectivity index (χ4n) is 3.16. The zero-order chi connectivity index (χ0) is 14.5. The van der Waals surface area contributed by atoms with Crippen molar-refractivity contribution in [2.75, 3.05) is 39.4 Å². The molecule has 2 aliphatic heterocycles. The van der Waals surface area contributed by atoms with Crippen molar-refractivity contribution >= 4 is 5.91 Å². The van der Waals surface area contributed by atoms with Crippen LogP contribution < -0.4 is 0 Å². The lowest BCUT2D eigenvalue weighted by atomic mass is 10.2. The van der Waals surface area contributed by atoms with Gasteiger partial charge in [0.25, 0.3) is 0 Å². The van der Waals surface area contributed by atoms with E-state index in [4.69, 9.17) is 4.74 Å². The molecule has 0 bridgehead atoms. The maximum absolute atomic E-state index is 12.3. The molecule has 0 spiro atoms. The van der Waals surface area contributed by atoms with E-state index in [0.29, 0.717) is 19.0 Å². The molecule has 116 valence electrons. The van der Waals surface area contributed by atoms with Crippen molar-refractivity contribution < 1.29 is 9.53 Å². The van der Waals surface area contributed by atoms with Crippen LogP contribution in [0.4, 0.5) is 0 Å². The Morgan fingerprint density at radius 1 is 1.29 bits per heavy atom. The zero-order valence-corrected chi connectivity index (χ0v) is 12.5. The third-order valence-corrected chi connectivity index (χ3v) is 4.42. The first kappa shape index (κ1) is 14.5. The average molecular weight is 292 g/mol. The second-order valence-electron chi connectivity index (χ2n) is 5.81. The molecule has 0 N–H and O–H groups in total. The van der Waals surface area contributed by atoms with Gasteiger partial charge in [-0.05, 0) is 18.9 Å². The van der Waals surface area contributed by atoms with Crippen molar-refractivity contribution in [1.82, 2.24) is 19.6 Å². The molecule has 0 radical (unpaired) electrons. The SMILES string of the molecule is O=C(CCn1cccn1)N1CCCN(C2CCOC2)CC1. The van der Waals surface area contributed by atoms with Crippen molar-refractivity contribution in [3.8, 4) is 0 Å². The molecule has 1 aromatic heterocycles. The highest BCUT2D eigenvalue weighted by molar-refractivity contribution is 5.76. The van der Waals surface area contributed by atoms with E-state index in [2.05, 4.69) is 10.00 Å². The smallest absolute Gasteiger partial charge is 0.224 e. The van der Waals surface area contributed by atoms with Crippen molar-refractivity contribution in [3.05, 3.63) is 18.5 Å². The Hall–Kier alpha value is -1.40. The van der Waals surface area contributed by atoms with Gasteiger partial charge in [0.15, 0.2) is 0 Å². The molecule has 2 aliphatic rings. The average Bonchev–Trinajstić information content (AvgIpc) is 3.15. The van der Waals surface area contributed by atoms with Gasteiger partial charge in [-0.2, -0.15) is 5.10 Å². The Labute approximate surface area is 125 Å². The third-order valence-electron chi connectivity index (χ3n) is 4.42. The van der Waals surface area contributed by atoms with Crippen LogP contribution in [0.2, 0.25) is 0 Å². The van der Waals surface area contributed by atoms with Crippen LogP contribution in [-0.2, 0) is 16.1 Å². The molecular weight excluding hydrogens is 268 g/mol. The lowest BCUT2D eigenvalue weighted by Crippen LogP contribution is -2.40. The quantitative estimate of drug-likeness (QED) is 0.815. The molecule has 1 amide bonds. The summed E-state index contributed by atoms with van der Waals surface area (Å²) in [6, 6.07) is 2.45. The Balaban J connectivity index is 1.46. The van der Waals surface area contributed by atoms with Crippen LogP contribution in [-0.4, -0.2) is 70.9 Å². The van der Waals surface area contributed by atoms with E-state index >= 15 is 0 Å². The first-order valence-electron chi connectivity index (χ1n) is 7.90. The van der Waals surface area contributed by atoms with Crippen molar-refractivity contribution in [3.63, 3.8) is 0 Å². The molecule has 0 aliphatic carbocycles. The number of aromatic nitrogens is 2. The van der Waals surface area contributed by atoms with Crippen molar-refractivity contribution in [2.45, 2.75) is 31.8 Å². The summed E-state index contributed by atoms with van der Waals surface area (Å²) >= 11 is 0. The lowest BCUT2D eigenvalue weighted by Gasteiger charge is -2.26. The molecule has 1 atom stereocenters. The van der Waals surface area contributed by atoms with Gasteiger partial charge in [-0.1, -0.05) is 0 Å². The molecule has 3 rings (SSSR count). The number of carbonyl (C=O) groups is 1. The summed E-state index contributed by atoms with van der Waals surface area (Å²) in [7, 11) is 0. The fourth-order valence-corrected chi connectivity index (χ4v) is 3.16. The van der Waals surface area contributed by atoms with E-state index < -0.39 is 0 Å². The highest BCUT2D eigenvalue weighted by atomic mass is 16.5. The molecule has 0 saturated carbocycles. The van der Waals surface area contributed by atoms with E-state index in [0.717, 1.165) is 52.2 Å². The molecule has 2 fully saturated rings. The van der Waals surface area contributed by atoms with Crippen LogP contribution >= 0.6 is 0 Å². The predicted molar refractivity (Wildman–Crippen MR) is 78.8 cm³/mol. The van der Waals surface area contributed by atoms with Gasteiger partial charge in [0.1, 0.15) is 0 Å². The van der Waals surface area contributed by atoms with Gasteiger partial charge in [-0.25, -0.2) is 0 Å². The van der Waals surface area contributed by atoms with E-state index in [-0.39, 0.29) is 5.91 Å². The lowest BCUT2D eigenvalue weighted by molar-refractivity contribution is -0.131. The van der Waals surface area contributed by atoms with Crippen LogP contribution in [0.3, 0.4) is 0 Å². The topological polar surface area (TPSA) is 50.6 Å².